The Labute approximate surface area is 263 Å². The Balaban J connectivity index is 1.38. The molecule has 244 valence electrons. The van der Waals surface area contributed by atoms with Crippen LogP contribution in [0.2, 0.25) is 5.28 Å². The predicted molar refractivity (Wildman–Crippen MR) is 157 cm³/mol. The smallest absolute Gasteiger partial charge is 0.407 e. The Morgan fingerprint density at radius 2 is 1.71 bits per heavy atom. The van der Waals surface area contributed by atoms with Gasteiger partial charge < -0.3 is 29.6 Å². The fourth-order valence-electron chi connectivity index (χ4n) is 5.44. The van der Waals surface area contributed by atoms with E-state index in [2.05, 4.69) is 41.0 Å². The molecule has 3 aromatic rings. The van der Waals surface area contributed by atoms with E-state index in [-0.39, 0.29) is 23.2 Å². The summed E-state index contributed by atoms with van der Waals surface area (Å²) in [4.78, 5) is 51.2. The van der Waals surface area contributed by atoms with Crippen molar-refractivity contribution >= 4 is 46.6 Å². The summed E-state index contributed by atoms with van der Waals surface area (Å²) in [7, 11) is 0. The molecule has 18 heteroatoms. The monoisotopic (exact) mass is 648 g/mol. The lowest BCUT2D eigenvalue weighted by molar-refractivity contribution is -0.165. The highest BCUT2D eigenvalue weighted by molar-refractivity contribution is 6.28. The molecular formula is C27H37ClN10O7. The standard InChI is InChI=1S/C27H37ClN10O7/c1-7-38-35-22(34-36-38)19-18(42-13(2)39)20(43-14(3)40)24(44-19)37-12-29-17-21(32-25(28)33-23(17)37)30-15-8-10-16(11-9-15)31-26(41)45-27(4,5)6/h12,15-16,18-20,24H,7-11H2,1-6H3,(H,31,41)(H,30,32,33)/t15?,16?,18?,19-,20+,24+/m0/s1. The second kappa shape index (κ2) is 13.1. The number of aromatic nitrogens is 8. The van der Waals surface area contributed by atoms with Gasteiger partial charge in [0.15, 0.2) is 41.5 Å². The second-order valence-electron chi connectivity index (χ2n) is 11.9. The Morgan fingerprint density at radius 3 is 2.33 bits per heavy atom. The number of tetrazole rings is 1. The molecule has 1 unspecified atom stereocenters. The van der Waals surface area contributed by atoms with Crippen LogP contribution in [0.4, 0.5) is 10.6 Å². The number of hydrogen-bond acceptors (Lipinski definition) is 14. The number of esters is 2. The van der Waals surface area contributed by atoms with E-state index in [1.165, 1.54) is 25.0 Å². The maximum atomic E-state index is 12.2. The largest absolute Gasteiger partial charge is 0.455 e. The first-order chi connectivity index (χ1) is 21.3. The van der Waals surface area contributed by atoms with Crippen LogP contribution >= 0.6 is 11.6 Å². The molecule has 1 amide bonds. The summed E-state index contributed by atoms with van der Waals surface area (Å²) in [5.41, 5.74) is 0.133. The average molecular weight is 649 g/mol. The first-order valence-corrected chi connectivity index (χ1v) is 15.1. The van der Waals surface area contributed by atoms with Crippen LogP contribution in [0.25, 0.3) is 11.2 Å². The number of carbonyl (C=O) groups is 3. The molecule has 1 aliphatic carbocycles. The second-order valence-corrected chi connectivity index (χ2v) is 12.3. The Hall–Kier alpha value is -4.12. The molecule has 4 heterocycles. The van der Waals surface area contributed by atoms with Crippen molar-refractivity contribution < 1.29 is 33.3 Å². The zero-order chi connectivity index (χ0) is 32.5. The lowest BCUT2D eigenvalue weighted by Crippen LogP contribution is -2.42. The molecule has 0 spiro atoms. The van der Waals surface area contributed by atoms with Crippen molar-refractivity contribution in [3.8, 4) is 0 Å². The maximum Gasteiger partial charge on any atom is 0.407 e. The molecule has 5 rings (SSSR count). The summed E-state index contributed by atoms with van der Waals surface area (Å²) in [6, 6.07) is 0.0258. The van der Waals surface area contributed by atoms with E-state index in [9.17, 15) is 14.4 Å². The molecule has 2 aliphatic rings. The van der Waals surface area contributed by atoms with Crippen LogP contribution in [-0.2, 0) is 35.1 Å². The fraction of sp³-hybridized carbons (Fsp3) is 0.667. The topological polar surface area (TPSA) is 199 Å². The Kier molecular flexibility index (Phi) is 9.38. The summed E-state index contributed by atoms with van der Waals surface area (Å²) in [5.74, 6) is -0.667. The number of ether oxygens (including phenoxy) is 4. The Morgan fingerprint density at radius 1 is 1.04 bits per heavy atom. The van der Waals surface area contributed by atoms with Crippen molar-refractivity contribution in [3.63, 3.8) is 0 Å². The summed E-state index contributed by atoms with van der Waals surface area (Å²) in [5, 5.41) is 18.7. The quantitative estimate of drug-likeness (QED) is 0.205. The van der Waals surface area contributed by atoms with Crippen LogP contribution in [-0.4, -0.2) is 87.7 Å². The van der Waals surface area contributed by atoms with Crippen LogP contribution < -0.4 is 10.6 Å². The highest BCUT2D eigenvalue weighted by atomic mass is 35.5. The number of anilines is 1. The van der Waals surface area contributed by atoms with Gasteiger partial charge in [-0.2, -0.15) is 14.8 Å². The first kappa shape index (κ1) is 32.3. The molecule has 0 radical (unpaired) electrons. The van der Waals surface area contributed by atoms with E-state index >= 15 is 0 Å². The molecular weight excluding hydrogens is 612 g/mol. The zero-order valence-corrected chi connectivity index (χ0v) is 26.6. The predicted octanol–water partition coefficient (Wildman–Crippen LogP) is 2.87. The SMILES string of the molecule is CCn1nnc([C@H]2O[C@@H](n3cnc4c(NC5CCC(NC(=O)OC(C)(C)C)CC5)nc(Cl)nc43)[C@H](OC(C)=O)C2OC(C)=O)n1. The zero-order valence-electron chi connectivity index (χ0n) is 25.9. The normalized spacial score (nSPS) is 25.1. The van der Waals surface area contributed by atoms with E-state index in [0.717, 1.165) is 25.7 Å². The van der Waals surface area contributed by atoms with E-state index < -0.39 is 48.2 Å². The summed E-state index contributed by atoms with van der Waals surface area (Å²) >= 11 is 6.38. The van der Waals surface area contributed by atoms with Gasteiger partial charge in [-0.15, -0.1) is 10.2 Å². The molecule has 3 aromatic heterocycles. The number of halogens is 1. The molecule has 45 heavy (non-hydrogen) atoms. The minimum Gasteiger partial charge on any atom is -0.455 e. The highest BCUT2D eigenvalue weighted by Crippen LogP contribution is 2.42. The summed E-state index contributed by atoms with van der Waals surface area (Å²) < 4.78 is 24.5. The highest BCUT2D eigenvalue weighted by Gasteiger charge is 2.53. The minimum absolute atomic E-state index is 0.00429. The fourth-order valence-corrected chi connectivity index (χ4v) is 5.60. The van der Waals surface area contributed by atoms with Crippen molar-refractivity contribution in [1.29, 1.82) is 0 Å². The van der Waals surface area contributed by atoms with Crippen LogP contribution in [0.1, 0.15) is 85.4 Å². The minimum atomic E-state index is -1.11. The van der Waals surface area contributed by atoms with Crippen molar-refractivity contribution in [2.45, 2.75) is 116 Å². The third-order valence-electron chi connectivity index (χ3n) is 7.26. The van der Waals surface area contributed by atoms with E-state index in [1.807, 2.05) is 27.7 Å². The van der Waals surface area contributed by atoms with Gasteiger partial charge in [0.1, 0.15) is 5.60 Å². The van der Waals surface area contributed by atoms with Crippen molar-refractivity contribution in [3.05, 3.63) is 17.4 Å². The molecule has 0 aromatic carbocycles. The molecule has 2 N–H and O–H groups in total. The molecule has 0 bridgehead atoms. The molecule has 1 saturated carbocycles. The van der Waals surface area contributed by atoms with Crippen LogP contribution in [0.3, 0.4) is 0 Å². The van der Waals surface area contributed by atoms with Gasteiger partial charge in [0.05, 0.1) is 12.9 Å². The van der Waals surface area contributed by atoms with Crippen molar-refractivity contribution in [2.24, 2.45) is 0 Å². The number of alkyl carbamates (subject to hydrolysis) is 1. The van der Waals surface area contributed by atoms with Crippen molar-refractivity contribution in [2.75, 3.05) is 5.32 Å². The number of aryl methyl sites for hydroxylation is 1. The van der Waals surface area contributed by atoms with Crippen molar-refractivity contribution in [1.82, 2.24) is 45.0 Å². The molecule has 2 fully saturated rings. The third kappa shape index (κ3) is 7.58. The van der Waals surface area contributed by atoms with Crippen LogP contribution in [0.5, 0.6) is 0 Å². The summed E-state index contributed by atoms with van der Waals surface area (Å²) in [6.45, 7) is 10.2. The Bertz CT molecular complexity index is 1550. The number of amides is 1. The maximum absolute atomic E-state index is 12.2. The van der Waals surface area contributed by atoms with E-state index in [4.69, 9.17) is 30.5 Å². The average Bonchev–Trinajstić information content (AvgIpc) is 3.66. The lowest BCUT2D eigenvalue weighted by atomic mass is 9.91. The van der Waals surface area contributed by atoms with Crippen LogP contribution in [0.15, 0.2) is 6.33 Å². The first-order valence-electron chi connectivity index (χ1n) is 14.7. The van der Waals surface area contributed by atoms with Crippen LogP contribution in [0, 0.1) is 0 Å². The van der Waals surface area contributed by atoms with Gasteiger partial charge >= 0.3 is 18.0 Å². The van der Waals surface area contributed by atoms with Gasteiger partial charge in [0.2, 0.25) is 11.1 Å². The van der Waals surface area contributed by atoms with Gasteiger partial charge in [-0.1, -0.05) is 0 Å². The van der Waals surface area contributed by atoms with Gasteiger partial charge in [-0.25, -0.2) is 9.78 Å². The third-order valence-corrected chi connectivity index (χ3v) is 7.43. The van der Waals surface area contributed by atoms with Gasteiger partial charge in [-0.05, 0) is 70.2 Å². The van der Waals surface area contributed by atoms with E-state index in [0.29, 0.717) is 23.5 Å². The number of nitrogens with zero attached hydrogens (tertiary/aromatic N) is 8. The van der Waals surface area contributed by atoms with Gasteiger partial charge in [0, 0.05) is 25.9 Å². The number of fused-ring (bicyclic) bond motifs is 1. The molecule has 4 atom stereocenters. The lowest BCUT2D eigenvalue weighted by Gasteiger charge is -2.30. The number of imidazole rings is 1. The number of rotatable bonds is 8. The summed E-state index contributed by atoms with van der Waals surface area (Å²) in [6.07, 6.45) is -0.250. The number of carbonyl (C=O) groups excluding carboxylic acids is 3. The van der Waals surface area contributed by atoms with E-state index in [1.54, 1.807) is 4.57 Å². The number of hydrogen-bond donors (Lipinski definition) is 2. The molecule has 17 nitrogen and oxygen atoms in total. The molecule has 1 saturated heterocycles. The number of nitrogens with one attached hydrogen (secondary N) is 2. The van der Waals surface area contributed by atoms with Gasteiger partial charge in [0.25, 0.3) is 0 Å². The molecule has 1 aliphatic heterocycles. The van der Waals surface area contributed by atoms with Gasteiger partial charge in [-0.3, -0.25) is 14.2 Å².